The number of hydrogen-bond donors (Lipinski definition) is 0. The van der Waals surface area contributed by atoms with Crippen LogP contribution in [0.5, 0.6) is 0 Å². The van der Waals surface area contributed by atoms with Crippen molar-refractivity contribution in [2.75, 3.05) is 19.1 Å². The molecule has 0 radical (unpaired) electrons. The van der Waals surface area contributed by atoms with E-state index in [4.69, 9.17) is 4.74 Å². The Kier molecular flexibility index (Phi) is 5.79. The molecule has 106 valence electrons. The Morgan fingerprint density at radius 2 is 1.72 bits per heavy atom. The Balaban J connectivity index is 2.55. The highest BCUT2D eigenvalue weighted by Crippen LogP contribution is 2.32. The molecule has 1 saturated carbocycles. The van der Waals surface area contributed by atoms with Crippen molar-refractivity contribution in [2.45, 2.75) is 57.0 Å². The number of carbonyl (C=O) groups excluding carboxylic acids is 1. The summed E-state index contributed by atoms with van der Waals surface area (Å²) in [6, 6.07) is 0. The molecule has 0 aromatic carbocycles. The van der Waals surface area contributed by atoms with Gasteiger partial charge in [-0.2, -0.15) is 0 Å². The molecule has 18 heavy (non-hydrogen) atoms. The Hall–Kier alpha value is -0.420. The van der Waals surface area contributed by atoms with E-state index in [0.717, 1.165) is 38.5 Å². The Morgan fingerprint density at radius 1 is 1.17 bits per heavy atom. The van der Waals surface area contributed by atoms with Crippen LogP contribution in [0.3, 0.4) is 0 Å². The second-order valence-corrected chi connectivity index (χ2v) is 7.53. The predicted molar refractivity (Wildman–Crippen MR) is 71.4 cm³/mol. The third kappa shape index (κ3) is 4.69. The number of methoxy groups -OCH3 is 1. The molecule has 0 aliphatic heterocycles. The first-order valence-electron chi connectivity index (χ1n) is 6.66. The predicted octanol–water partition coefficient (Wildman–Crippen LogP) is 2.12. The lowest BCUT2D eigenvalue weighted by molar-refractivity contribution is -0.142. The van der Waals surface area contributed by atoms with E-state index in [1.54, 1.807) is 7.11 Å². The normalized spacial score (nSPS) is 20.3. The van der Waals surface area contributed by atoms with Gasteiger partial charge in [-0.1, -0.05) is 25.7 Å². The molecule has 5 heteroatoms. The molecule has 4 nitrogen and oxygen atoms in total. The molecule has 0 spiro atoms. The molecule has 0 unspecified atom stereocenters. The van der Waals surface area contributed by atoms with Crippen LogP contribution >= 0.6 is 0 Å². The summed E-state index contributed by atoms with van der Waals surface area (Å²) in [7, 11) is -1.38. The van der Waals surface area contributed by atoms with Gasteiger partial charge in [-0.25, -0.2) is 8.42 Å². The molecular formula is C13H24O4S. The van der Waals surface area contributed by atoms with Crippen LogP contribution in [-0.2, 0) is 19.4 Å². The number of hydrogen-bond acceptors (Lipinski definition) is 4. The average molecular weight is 276 g/mol. The van der Waals surface area contributed by atoms with Crippen molar-refractivity contribution in [3.8, 4) is 0 Å². The van der Waals surface area contributed by atoms with E-state index in [1.807, 2.05) is 0 Å². The minimum atomic E-state index is -2.98. The van der Waals surface area contributed by atoms with Crippen molar-refractivity contribution in [2.24, 2.45) is 0 Å². The summed E-state index contributed by atoms with van der Waals surface area (Å²) in [5, 5.41) is 0. The lowest BCUT2D eigenvalue weighted by Gasteiger charge is -2.29. The van der Waals surface area contributed by atoms with Gasteiger partial charge in [0.05, 0.1) is 5.75 Å². The SMILES string of the molecule is COC1(C(=O)CCCS(C)(=O)=O)CCCCCC1. The zero-order chi connectivity index (χ0) is 13.6. The van der Waals surface area contributed by atoms with E-state index in [0.29, 0.717) is 12.8 Å². The number of Topliss-reactive ketones (excluding diaryl/α,β-unsaturated/α-hetero) is 1. The maximum atomic E-state index is 12.3. The van der Waals surface area contributed by atoms with Gasteiger partial charge in [-0.15, -0.1) is 0 Å². The van der Waals surface area contributed by atoms with Crippen LogP contribution in [0.2, 0.25) is 0 Å². The molecule has 0 heterocycles. The van der Waals surface area contributed by atoms with Gasteiger partial charge < -0.3 is 4.74 Å². The molecule has 1 rings (SSSR count). The van der Waals surface area contributed by atoms with Crippen molar-refractivity contribution in [3.63, 3.8) is 0 Å². The molecule has 1 aliphatic rings. The quantitative estimate of drug-likeness (QED) is 0.697. The van der Waals surface area contributed by atoms with Crippen LogP contribution in [-0.4, -0.2) is 38.9 Å². The van der Waals surface area contributed by atoms with Gasteiger partial charge in [0.15, 0.2) is 5.78 Å². The van der Waals surface area contributed by atoms with Crippen LogP contribution in [0.4, 0.5) is 0 Å². The summed E-state index contributed by atoms with van der Waals surface area (Å²) in [6.45, 7) is 0. The Bertz CT molecular complexity index is 364. The van der Waals surface area contributed by atoms with Gasteiger partial charge in [0.25, 0.3) is 0 Å². The van der Waals surface area contributed by atoms with Crippen molar-refractivity contribution in [1.29, 1.82) is 0 Å². The molecule has 0 saturated heterocycles. The molecule has 1 fully saturated rings. The van der Waals surface area contributed by atoms with Crippen LogP contribution in [0, 0.1) is 0 Å². The fourth-order valence-corrected chi connectivity index (χ4v) is 3.29. The third-order valence-electron chi connectivity index (χ3n) is 3.73. The maximum Gasteiger partial charge on any atom is 0.164 e. The summed E-state index contributed by atoms with van der Waals surface area (Å²) in [4.78, 5) is 12.3. The van der Waals surface area contributed by atoms with E-state index >= 15 is 0 Å². The van der Waals surface area contributed by atoms with Gasteiger partial charge in [-0.3, -0.25) is 4.79 Å². The molecule has 0 N–H and O–H groups in total. The highest BCUT2D eigenvalue weighted by molar-refractivity contribution is 7.90. The number of ether oxygens (including phenoxy) is 1. The number of rotatable bonds is 6. The fraction of sp³-hybridized carbons (Fsp3) is 0.923. The first kappa shape index (κ1) is 15.6. The van der Waals surface area contributed by atoms with E-state index in [1.165, 1.54) is 6.26 Å². The number of ketones is 1. The van der Waals surface area contributed by atoms with E-state index in [-0.39, 0.29) is 11.5 Å². The second kappa shape index (κ2) is 6.66. The summed E-state index contributed by atoms with van der Waals surface area (Å²) in [5.41, 5.74) is -0.645. The van der Waals surface area contributed by atoms with Crippen molar-refractivity contribution in [1.82, 2.24) is 0 Å². The molecule has 0 aromatic heterocycles. The Morgan fingerprint density at radius 3 is 2.17 bits per heavy atom. The van der Waals surface area contributed by atoms with E-state index in [2.05, 4.69) is 0 Å². The number of sulfone groups is 1. The average Bonchev–Trinajstić information content (AvgIpc) is 2.53. The minimum absolute atomic E-state index is 0.0792. The van der Waals surface area contributed by atoms with Crippen molar-refractivity contribution >= 4 is 15.6 Å². The van der Waals surface area contributed by atoms with Gasteiger partial charge in [0, 0.05) is 19.8 Å². The highest BCUT2D eigenvalue weighted by atomic mass is 32.2. The molecule has 0 amide bonds. The minimum Gasteiger partial charge on any atom is -0.370 e. The zero-order valence-corrected chi connectivity index (χ0v) is 12.2. The van der Waals surface area contributed by atoms with Gasteiger partial charge >= 0.3 is 0 Å². The van der Waals surface area contributed by atoms with Crippen LogP contribution in [0.1, 0.15) is 51.4 Å². The topological polar surface area (TPSA) is 60.4 Å². The first-order valence-corrected chi connectivity index (χ1v) is 8.72. The van der Waals surface area contributed by atoms with Crippen LogP contribution in [0.15, 0.2) is 0 Å². The smallest absolute Gasteiger partial charge is 0.164 e. The fourth-order valence-electron chi connectivity index (χ4n) is 2.62. The maximum absolute atomic E-state index is 12.3. The molecule has 0 atom stereocenters. The summed E-state index contributed by atoms with van der Waals surface area (Å²) >= 11 is 0. The van der Waals surface area contributed by atoms with Crippen molar-refractivity contribution < 1.29 is 17.9 Å². The van der Waals surface area contributed by atoms with Crippen LogP contribution in [0.25, 0.3) is 0 Å². The lowest BCUT2D eigenvalue weighted by atomic mass is 9.87. The summed E-state index contributed by atoms with van der Waals surface area (Å²) < 4.78 is 27.6. The van der Waals surface area contributed by atoms with Crippen LogP contribution < -0.4 is 0 Å². The first-order chi connectivity index (χ1) is 8.40. The summed E-state index contributed by atoms with van der Waals surface area (Å²) in [5.74, 6) is 0.161. The molecular weight excluding hydrogens is 252 g/mol. The summed E-state index contributed by atoms with van der Waals surface area (Å²) in [6.07, 6.45) is 7.82. The largest absolute Gasteiger partial charge is 0.370 e. The highest BCUT2D eigenvalue weighted by Gasteiger charge is 2.37. The van der Waals surface area contributed by atoms with E-state index < -0.39 is 15.4 Å². The third-order valence-corrected chi connectivity index (χ3v) is 4.76. The van der Waals surface area contributed by atoms with Gasteiger partial charge in [-0.05, 0) is 19.3 Å². The van der Waals surface area contributed by atoms with Gasteiger partial charge in [0.2, 0.25) is 0 Å². The van der Waals surface area contributed by atoms with Gasteiger partial charge in [0.1, 0.15) is 15.4 Å². The Labute approximate surface area is 110 Å². The molecule has 0 aromatic rings. The second-order valence-electron chi connectivity index (χ2n) is 5.27. The van der Waals surface area contributed by atoms with E-state index in [9.17, 15) is 13.2 Å². The monoisotopic (exact) mass is 276 g/mol. The number of carbonyl (C=O) groups is 1. The van der Waals surface area contributed by atoms with Crippen molar-refractivity contribution in [3.05, 3.63) is 0 Å². The lowest BCUT2D eigenvalue weighted by Crippen LogP contribution is -2.40. The standard InChI is InChI=1S/C13H24O4S/c1-17-13(9-5-3-4-6-10-13)12(14)8-7-11-18(2,15)16/h3-11H2,1-2H3. The molecule has 1 aliphatic carbocycles. The zero-order valence-electron chi connectivity index (χ0n) is 11.4. The molecule has 0 bridgehead atoms.